The van der Waals surface area contributed by atoms with Gasteiger partial charge in [-0.2, -0.15) is 0 Å². The van der Waals surface area contributed by atoms with Crippen LogP contribution in [0.4, 0.5) is 9.18 Å². The van der Waals surface area contributed by atoms with Crippen molar-refractivity contribution in [3.8, 4) is 22.6 Å². The number of nitrogens with zero attached hydrogens (tertiary/aromatic N) is 1. The highest BCUT2D eigenvalue weighted by atomic mass is 19.1. The Balaban J connectivity index is 1.55. The lowest BCUT2D eigenvalue weighted by Gasteiger charge is -2.22. The minimum Gasteiger partial charge on any atom is -0.492 e. The van der Waals surface area contributed by atoms with E-state index in [9.17, 15) is 14.0 Å². The molecule has 0 heterocycles. The van der Waals surface area contributed by atoms with Gasteiger partial charge in [0.1, 0.15) is 23.9 Å². The van der Waals surface area contributed by atoms with Crippen LogP contribution < -0.4 is 20.5 Å². The van der Waals surface area contributed by atoms with Gasteiger partial charge in [-0.15, -0.1) is 0 Å². The van der Waals surface area contributed by atoms with Gasteiger partial charge in [0, 0.05) is 13.6 Å². The first-order valence-corrected chi connectivity index (χ1v) is 10.4. The summed E-state index contributed by atoms with van der Waals surface area (Å²) in [6.45, 7) is 0.718. The van der Waals surface area contributed by atoms with Gasteiger partial charge in [0.25, 0.3) is 0 Å². The number of nitrogens with one attached hydrogen (secondary N) is 1. The predicted molar refractivity (Wildman–Crippen MR) is 123 cm³/mol. The van der Waals surface area contributed by atoms with Gasteiger partial charge in [-0.3, -0.25) is 4.79 Å². The molecule has 0 saturated carbocycles. The summed E-state index contributed by atoms with van der Waals surface area (Å²) < 4.78 is 24.3. The molecule has 3 N–H and O–H groups in total. The van der Waals surface area contributed by atoms with Crippen LogP contribution in [0.25, 0.3) is 11.1 Å². The maximum atomic E-state index is 13.4. The molecule has 0 fully saturated rings. The fraction of sp³-hybridized carbons (Fsp3) is 0.200. The zero-order valence-corrected chi connectivity index (χ0v) is 18.3. The molecule has 0 spiro atoms. The van der Waals surface area contributed by atoms with Crippen molar-refractivity contribution in [1.29, 1.82) is 0 Å². The van der Waals surface area contributed by atoms with Crippen molar-refractivity contribution in [1.82, 2.24) is 10.2 Å². The van der Waals surface area contributed by atoms with Gasteiger partial charge in [0.15, 0.2) is 0 Å². The molecular weight excluding hydrogens is 425 g/mol. The molecule has 33 heavy (non-hydrogen) atoms. The van der Waals surface area contributed by atoms with Crippen molar-refractivity contribution < 1.29 is 23.5 Å². The number of esters is 1. The summed E-state index contributed by atoms with van der Waals surface area (Å²) in [5.74, 6) is 0.269. The smallest absolute Gasteiger partial charge is 0.325 e. The van der Waals surface area contributed by atoms with Gasteiger partial charge in [0.05, 0.1) is 13.1 Å². The van der Waals surface area contributed by atoms with E-state index in [2.05, 4.69) is 5.32 Å². The highest BCUT2D eigenvalue weighted by Crippen LogP contribution is 2.24. The molecule has 0 aliphatic heterocycles. The Bertz CT molecular complexity index is 1070. The quantitative estimate of drug-likeness (QED) is 0.383. The van der Waals surface area contributed by atoms with Crippen LogP contribution in [0.15, 0.2) is 72.8 Å². The van der Waals surface area contributed by atoms with Crippen LogP contribution in [0.1, 0.15) is 5.56 Å². The normalized spacial score (nSPS) is 10.4. The lowest BCUT2D eigenvalue weighted by molar-refractivity contribution is -0.132. The Labute approximate surface area is 191 Å². The molecule has 7 nitrogen and oxygen atoms in total. The van der Waals surface area contributed by atoms with E-state index >= 15 is 0 Å². The third-order valence-corrected chi connectivity index (χ3v) is 4.83. The number of hydrogen-bond acceptors (Lipinski definition) is 5. The Kier molecular flexibility index (Phi) is 8.37. The maximum Gasteiger partial charge on any atom is 0.325 e. The summed E-state index contributed by atoms with van der Waals surface area (Å²) in [5, 5.41) is 2.60. The van der Waals surface area contributed by atoms with E-state index in [1.807, 2.05) is 36.4 Å². The summed E-state index contributed by atoms with van der Waals surface area (Å²) in [4.78, 5) is 25.0. The fourth-order valence-electron chi connectivity index (χ4n) is 3.17. The molecule has 3 rings (SSSR count). The van der Waals surface area contributed by atoms with Crippen molar-refractivity contribution in [2.45, 2.75) is 6.54 Å². The van der Waals surface area contributed by atoms with E-state index in [0.29, 0.717) is 23.6 Å². The van der Waals surface area contributed by atoms with E-state index < -0.39 is 5.97 Å². The van der Waals surface area contributed by atoms with E-state index in [4.69, 9.17) is 15.2 Å². The van der Waals surface area contributed by atoms with Crippen LogP contribution in [-0.4, -0.2) is 43.6 Å². The SMILES string of the molecule is CNC(=O)N(CCOc1ccc(-c2ccc(OC(=O)CN)cc2)cc1)Cc1cccc(F)c1. The molecule has 0 aliphatic rings. The largest absolute Gasteiger partial charge is 0.492 e. The van der Waals surface area contributed by atoms with Gasteiger partial charge in [-0.1, -0.05) is 36.4 Å². The third-order valence-electron chi connectivity index (χ3n) is 4.83. The third kappa shape index (κ3) is 7.05. The lowest BCUT2D eigenvalue weighted by Crippen LogP contribution is -2.40. The van der Waals surface area contributed by atoms with E-state index in [1.165, 1.54) is 12.1 Å². The first-order valence-electron chi connectivity index (χ1n) is 10.4. The molecule has 0 atom stereocenters. The zero-order chi connectivity index (χ0) is 23.6. The predicted octanol–water partition coefficient (Wildman–Crippen LogP) is 3.58. The number of carbonyl (C=O) groups is 2. The Hall–Kier alpha value is -3.91. The number of amides is 2. The van der Waals surface area contributed by atoms with Gasteiger partial charge in [-0.05, 0) is 53.1 Å². The molecule has 0 aromatic heterocycles. The number of ether oxygens (including phenoxy) is 2. The molecule has 8 heteroatoms. The number of halogens is 1. The van der Waals surface area contributed by atoms with Crippen LogP contribution in [0.3, 0.4) is 0 Å². The van der Waals surface area contributed by atoms with Crippen molar-refractivity contribution in [2.24, 2.45) is 5.73 Å². The van der Waals surface area contributed by atoms with Crippen molar-refractivity contribution in [3.63, 3.8) is 0 Å². The maximum absolute atomic E-state index is 13.4. The molecule has 3 aromatic carbocycles. The second-order valence-corrected chi connectivity index (χ2v) is 7.18. The Morgan fingerprint density at radius 1 is 0.970 bits per heavy atom. The molecule has 0 saturated heterocycles. The van der Waals surface area contributed by atoms with Crippen LogP contribution in [0.5, 0.6) is 11.5 Å². The number of rotatable bonds is 9. The zero-order valence-electron chi connectivity index (χ0n) is 18.3. The van der Waals surface area contributed by atoms with Crippen LogP contribution in [0.2, 0.25) is 0 Å². The highest BCUT2D eigenvalue weighted by molar-refractivity contribution is 5.75. The fourth-order valence-corrected chi connectivity index (χ4v) is 3.17. The topological polar surface area (TPSA) is 93.9 Å². The summed E-state index contributed by atoms with van der Waals surface area (Å²) >= 11 is 0. The monoisotopic (exact) mass is 451 g/mol. The average Bonchev–Trinajstić information content (AvgIpc) is 2.84. The van der Waals surface area contributed by atoms with Crippen LogP contribution >= 0.6 is 0 Å². The minimum atomic E-state index is -0.491. The summed E-state index contributed by atoms with van der Waals surface area (Å²) in [6, 6.07) is 20.5. The second kappa shape index (κ2) is 11.6. The summed E-state index contributed by atoms with van der Waals surface area (Å²) in [6.07, 6.45) is 0. The molecular formula is C25H26FN3O4. The molecule has 2 amide bonds. The molecule has 172 valence electrons. The van der Waals surface area contributed by atoms with Crippen molar-refractivity contribution >= 4 is 12.0 Å². The molecule has 0 unspecified atom stereocenters. The highest BCUT2D eigenvalue weighted by Gasteiger charge is 2.13. The summed E-state index contributed by atoms with van der Waals surface area (Å²) in [5.41, 5.74) is 7.87. The number of nitrogens with two attached hydrogens (primary N) is 1. The van der Waals surface area contributed by atoms with Gasteiger partial charge < -0.3 is 25.4 Å². The number of hydrogen-bond donors (Lipinski definition) is 2. The Morgan fingerprint density at radius 2 is 1.61 bits per heavy atom. The number of carbonyl (C=O) groups excluding carboxylic acids is 2. The molecule has 0 aliphatic carbocycles. The standard InChI is InChI=1S/C25H26FN3O4/c1-28-25(31)29(17-18-3-2-4-21(26)15-18)13-14-32-22-9-5-19(6-10-22)20-7-11-23(12-8-20)33-24(30)16-27/h2-12,15H,13-14,16-17,27H2,1H3,(H,28,31). The number of urea groups is 1. The van der Waals surface area contributed by atoms with Crippen LogP contribution in [-0.2, 0) is 11.3 Å². The lowest BCUT2D eigenvalue weighted by atomic mass is 10.1. The average molecular weight is 451 g/mol. The van der Waals surface area contributed by atoms with E-state index in [0.717, 1.165) is 11.1 Å². The van der Waals surface area contributed by atoms with Crippen LogP contribution in [0, 0.1) is 5.82 Å². The molecule has 0 radical (unpaired) electrons. The number of benzene rings is 3. The van der Waals surface area contributed by atoms with Crippen molar-refractivity contribution in [3.05, 3.63) is 84.2 Å². The minimum absolute atomic E-state index is 0.172. The second-order valence-electron chi connectivity index (χ2n) is 7.18. The molecule has 3 aromatic rings. The van der Waals surface area contributed by atoms with Gasteiger partial charge in [-0.25, -0.2) is 9.18 Å². The van der Waals surface area contributed by atoms with Gasteiger partial charge >= 0.3 is 12.0 Å². The van der Waals surface area contributed by atoms with Gasteiger partial charge in [0.2, 0.25) is 0 Å². The van der Waals surface area contributed by atoms with E-state index in [-0.39, 0.29) is 31.5 Å². The van der Waals surface area contributed by atoms with Crippen molar-refractivity contribution in [2.75, 3.05) is 26.7 Å². The first kappa shape index (κ1) is 23.7. The first-order chi connectivity index (χ1) is 16.0. The Morgan fingerprint density at radius 3 is 2.18 bits per heavy atom. The van der Waals surface area contributed by atoms with E-state index in [1.54, 1.807) is 36.2 Å². The summed E-state index contributed by atoms with van der Waals surface area (Å²) in [7, 11) is 1.55. The molecule has 0 bridgehead atoms.